The van der Waals surface area contributed by atoms with Crippen LogP contribution in [0.5, 0.6) is 11.5 Å². The van der Waals surface area contributed by atoms with E-state index in [0.717, 1.165) is 36.3 Å². The number of nitrogens with one attached hydrogen (secondary N) is 1. The van der Waals surface area contributed by atoms with E-state index in [2.05, 4.69) is 12.2 Å². The van der Waals surface area contributed by atoms with E-state index in [9.17, 15) is 9.59 Å². The molecule has 6 heteroatoms. The monoisotopic (exact) mass is 410 g/mol. The number of carbonyl (C=O) groups excluding carboxylic acids is 2. The molecule has 1 aliphatic heterocycles. The Balaban J connectivity index is 1.43. The van der Waals surface area contributed by atoms with Gasteiger partial charge in [-0.1, -0.05) is 25.1 Å². The van der Waals surface area contributed by atoms with Gasteiger partial charge in [0, 0.05) is 24.7 Å². The van der Waals surface area contributed by atoms with Crippen molar-refractivity contribution in [2.45, 2.75) is 39.2 Å². The molecule has 0 spiro atoms. The van der Waals surface area contributed by atoms with Crippen molar-refractivity contribution in [3.8, 4) is 11.5 Å². The zero-order valence-electron chi connectivity index (χ0n) is 17.7. The van der Waals surface area contributed by atoms with Gasteiger partial charge in [-0.3, -0.25) is 9.59 Å². The summed E-state index contributed by atoms with van der Waals surface area (Å²) in [6, 6.07) is 15.1. The molecule has 0 bridgehead atoms. The average molecular weight is 411 g/mol. The Morgan fingerprint density at radius 2 is 1.70 bits per heavy atom. The number of ether oxygens (including phenoxy) is 2. The molecule has 2 amide bonds. The fraction of sp³-hybridized carbons (Fsp3) is 0.417. The summed E-state index contributed by atoms with van der Waals surface area (Å²) in [5.74, 6) is 1.41. The topological polar surface area (TPSA) is 67.9 Å². The van der Waals surface area contributed by atoms with Gasteiger partial charge in [-0.2, -0.15) is 0 Å². The second kappa shape index (κ2) is 10.7. The molecule has 1 heterocycles. The van der Waals surface area contributed by atoms with Crippen LogP contribution in [0, 0.1) is 0 Å². The van der Waals surface area contributed by atoms with Crippen LogP contribution in [0.3, 0.4) is 0 Å². The molecule has 2 aromatic rings. The molecular formula is C24H30N2O4. The van der Waals surface area contributed by atoms with Gasteiger partial charge < -0.3 is 19.7 Å². The van der Waals surface area contributed by atoms with Crippen LogP contribution in [0.4, 0.5) is 0 Å². The molecule has 0 atom stereocenters. The number of rotatable bonds is 8. The molecule has 0 aromatic heterocycles. The number of benzene rings is 2. The van der Waals surface area contributed by atoms with Crippen LogP contribution in [-0.4, -0.2) is 49.1 Å². The van der Waals surface area contributed by atoms with Crippen molar-refractivity contribution >= 4 is 11.8 Å². The van der Waals surface area contributed by atoms with Crippen LogP contribution < -0.4 is 14.8 Å². The number of hydrogen-bond acceptors (Lipinski definition) is 4. The van der Waals surface area contributed by atoms with Crippen molar-refractivity contribution in [3.05, 3.63) is 59.7 Å². The summed E-state index contributed by atoms with van der Waals surface area (Å²) in [6.45, 7) is 5.83. The maximum Gasteiger partial charge on any atom is 0.258 e. The number of carbonyl (C=O) groups is 2. The lowest BCUT2D eigenvalue weighted by Crippen LogP contribution is -2.47. The minimum atomic E-state index is -0.128. The van der Waals surface area contributed by atoms with Crippen LogP contribution in [-0.2, 0) is 11.2 Å². The first kappa shape index (κ1) is 21.7. The first-order valence-corrected chi connectivity index (χ1v) is 10.6. The van der Waals surface area contributed by atoms with E-state index < -0.39 is 0 Å². The van der Waals surface area contributed by atoms with Crippen LogP contribution in [0.25, 0.3) is 0 Å². The van der Waals surface area contributed by atoms with Gasteiger partial charge in [0.2, 0.25) is 0 Å². The van der Waals surface area contributed by atoms with Gasteiger partial charge in [-0.25, -0.2) is 0 Å². The van der Waals surface area contributed by atoms with Crippen LogP contribution >= 0.6 is 0 Å². The second-order valence-electron chi connectivity index (χ2n) is 7.34. The highest BCUT2D eigenvalue weighted by Crippen LogP contribution is 2.19. The Morgan fingerprint density at radius 1 is 1.00 bits per heavy atom. The highest BCUT2D eigenvalue weighted by atomic mass is 16.5. The fourth-order valence-corrected chi connectivity index (χ4v) is 3.62. The largest absolute Gasteiger partial charge is 0.494 e. The summed E-state index contributed by atoms with van der Waals surface area (Å²) in [5.41, 5.74) is 1.75. The lowest BCUT2D eigenvalue weighted by molar-refractivity contribution is -0.124. The Morgan fingerprint density at radius 3 is 2.37 bits per heavy atom. The van der Waals surface area contributed by atoms with Gasteiger partial charge in [-0.15, -0.1) is 0 Å². The van der Waals surface area contributed by atoms with E-state index >= 15 is 0 Å². The summed E-state index contributed by atoms with van der Waals surface area (Å²) in [7, 11) is 0. The maximum absolute atomic E-state index is 12.7. The fourth-order valence-electron chi connectivity index (χ4n) is 3.62. The van der Waals surface area contributed by atoms with Crippen molar-refractivity contribution in [2.75, 3.05) is 26.3 Å². The Bertz CT molecular complexity index is 843. The summed E-state index contributed by atoms with van der Waals surface area (Å²) in [5, 5.41) is 3.03. The quantitative estimate of drug-likeness (QED) is 0.724. The first-order valence-electron chi connectivity index (χ1n) is 10.6. The molecule has 1 saturated heterocycles. The van der Waals surface area contributed by atoms with Crippen molar-refractivity contribution in [2.24, 2.45) is 0 Å². The van der Waals surface area contributed by atoms with Crippen LogP contribution in [0.15, 0.2) is 48.5 Å². The van der Waals surface area contributed by atoms with Crippen molar-refractivity contribution in [1.29, 1.82) is 0 Å². The Hall–Kier alpha value is -3.02. The lowest BCUT2D eigenvalue weighted by atomic mass is 10.0. The molecular weight excluding hydrogens is 380 g/mol. The predicted octanol–water partition coefficient (Wildman–Crippen LogP) is 3.45. The molecule has 0 saturated carbocycles. The van der Waals surface area contributed by atoms with E-state index in [0.29, 0.717) is 25.3 Å². The van der Waals surface area contributed by atoms with E-state index in [1.54, 1.807) is 12.1 Å². The van der Waals surface area contributed by atoms with E-state index in [4.69, 9.17) is 9.47 Å². The van der Waals surface area contributed by atoms with Crippen LogP contribution in [0.2, 0.25) is 0 Å². The molecule has 0 aliphatic carbocycles. The predicted molar refractivity (Wildman–Crippen MR) is 116 cm³/mol. The van der Waals surface area contributed by atoms with Gasteiger partial charge in [-0.05, 0) is 62.1 Å². The van der Waals surface area contributed by atoms with Crippen LogP contribution in [0.1, 0.15) is 42.6 Å². The zero-order valence-corrected chi connectivity index (χ0v) is 17.7. The van der Waals surface area contributed by atoms with Gasteiger partial charge in [0.05, 0.1) is 6.61 Å². The molecule has 0 radical (unpaired) electrons. The molecule has 1 aliphatic rings. The molecule has 3 rings (SSSR count). The third-order valence-electron chi connectivity index (χ3n) is 5.27. The van der Waals surface area contributed by atoms with Crippen molar-refractivity contribution in [3.63, 3.8) is 0 Å². The summed E-state index contributed by atoms with van der Waals surface area (Å²) >= 11 is 0. The van der Waals surface area contributed by atoms with Crippen molar-refractivity contribution in [1.82, 2.24) is 10.2 Å². The van der Waals surface area contributed by atoms with Gasteiger partial charge in [0.25, 0.3) is 11.8 Å². The molecule has 2 aromatic carbocycles. The summed E-state index contributed by atoms with van der Waals surface area (Å²) < 4.78 is 11.1. The number of likely N-dealkylation sites (tertiary alicyclic amines) is 1. The average Bonchev–Trinajstić information content (AvgIpc) is 2.78. The van der Waals surface area contributed by atoms with Gasteiger partial charge in [0.15, 0.2) is 6.61 Å². The Kier molecular flexibility index (Phi) is 7.71. The minimum Gasteiger partial charge on any atom is -0.494 e. The smallest absolute Gasteiger partial charge is 0.258 e. The number of amides is 2. The minimum absolute atomic E-state index is 0.00232. The molecule has 30 heavy (non-hydrogen) atoms. The van der Waals surface area contributed by atoms with E-state index in [1.807, 2.05) is 48.2 Å². The third-order valence-corrected chi connectivity index (χ3v) is 5.27. The number of aryl methyl sites for hydroxylation is 1. The SMILES string of the molecule is CCOc1ccc(C(=O)N2CCC(NC(=O)COc3ccccc3CC)CC2)cc1. The van der Waals surface area contributed by atoms with Gasteiger partial charge >= 0.3 is 0 Å². The molecule has 6 nitrogen and oxygen atoms in total. The highest BCUT2D eigenvalue weighted by molar-refractivity contribution is 5.94. The number of para-hydroxylation sites is 1. The third kappa shape index (κ3) is 5.75. The highest BCUT2D eigenvalue weighted by Gasteiger charge is 2.24. The summed E-state index contributed by atoms with van der Waals surface area (Å²) in [6.07, 6.45) is 2.33. The zero-order chi connectivity index (χ0) is 21.3. The second-order valence-corrected chi connectivity index (χ2v) is 7.34. The lowest BCUT2D eigenvalue weighted by Gasteiger charge is -2.32. The first-order chi connectivity index (χ1) is 14.6. The Labute approximate surface area is 178 Å². The number of piperidine rings is 1. The summed E-state index contributed by atoms with van der Waals surface area (Å²) in [4.78, 5) is 26.8. The van der Waals surface area contributed by atoms with Gasteiger partial charge in [0.1, 0.15) is 11.5 Å². The number of nitrogens with zero attached hydrogens (tertiary/aromatic N) is 1. The van der Waals surface area contributed by atoms with E-state index in [-0.39, 0.29) is 24.5 Å². The normalized spacial score (nSPS) is 14.3. The standard InChI is InChI=1S/C24H30N2O4/c1-3-18-7-5-6-8-22(18)30-17-23(27)25-20-13-15-26(16-14-20)24(28)19-9-11-21(12-10-19)29-4-2/h5-12,20H,3-4,13-17H2,1-2H3,(H,25,27). The molecule has 1 fully saturated rings. The molecule has 0 unspecified atom stereocenters. The number of hydrogen-bond donors (Lipinski definition) is 1. The van der Waals surface area contributed by atoms with E-state index in [1.165, 1.54) is 0 Å². The van der Waals surface area contributed by atoms with Crippen molar-refractivity contribution < 1.29 is 19.1 Å². The molecule has 1 N–H and O–H groups in total. The maximum atomic E-state index is 12.7. The molecule has 160 valence electrons.